The predicted octanol–water partition coefficient (Wildman–Crippen LogP) is 2.09. The number of ketones is 1. The smallest absolute Gasteiger partial charge is 0.180 e. The van der Waals surface area contributed by atoms with E-state index in [1.165, 1.54) is 0 Å². The first kappa shape index (κ1) is 15.3. The van der Waals surface area contributed by atoms with E-state index in [-0.39, 0.29) is 5.78 Å². The fraction of sp³-hybridized carbons (Fsp3) is 0.533. The van der Waals surface area contributed by atoms with Crippen LogP contribution in [-0.4, -0.2) is 62.5 Å². The number of hydrogen-bond acceptors (Lipinski definition) is 4. The molecule has 0 radical (unpaired) electrons. The van der Waals surface area contributed by atoms with Gasteiger partial charge in [-0.25, -0.2) is 0 Å². The zero-order valence-corrected chi connectivity index (χ0v) is 13.0. The largest absolute Gasteiger partial charge is 0.496 e. The molecule has 1 aliphatic heterocycles. The number of methoxy groups -OCH3 is 1. The summed E-state index contributed by atoms with van der Waals surface area (Å²) in [7, 11) is 3.68. The number of carbonyl (C=O) groups excluding carboxylic acids is 1. The summed E-state index contributed by atoms with van der Waals surface area (Å²) in [6.45, 7) is 6.16. The molecule has 4 nitrogen and oxygen atoms in total. The van der Waals surface area contributed by atoms with Crippen molar-refractivity contribution in [3.05, 3.63) is 28.3 Å². The number of nitrogens with zero attached hydrogens (tertiary/aromatic N) is 2. The molecule has 0 bridgehead atoms. The molecule has 0 aliphatic carbocycles. The van der Waals surface area contributed by atoms with E-state index in [0.29, 0.717) is 22.9 Å². The number of rotatable bonds is 4. The first-order valence-corrected chi connectivity index (χ1v) is 7.17. The van der Waals surface area contributed by atoms with Crippen LogP contribution in [0.1, 0.15) is 15.9 Å². The molecule has 0 atom stereocenters. The number of ether oxygens (including phenoxy) is 1. The summed E-state index contributed by atoms with van der Waals surface area (Å²) in [6.07, 6.45) is 0. The van der Waals surface area contributed by atoms with Crippen LogP contribution in [0.3, 0.4) is 0 Å². The van der Waals surface area contributed by atoms with E-state index in [1.807, 2.05) is 13.0 Å². The highest BCUT2D eigenvalue weighted by atomic mass is 35.5. The molecule has 1 heterocycles. The minimum Gasteiger partial charge on any atom is -0.496 e. The SMILES string of the molecule is COc1cc(C)c(Cl)cc1C(=O)CN1CCN(C)CC1. The van der Waals surface area contributed by atoms with Crippen LogP contribution in [0.15, 0.2) is 12.1 Å². The second kappa shape index (κ2) is 6.57. The second-order valence-electron chi connectivity index (χ2n) is 5.30. The van der Waals surface area contributed by atoms with Gasteiger partial charge >= 0.3 is 0 Å². The van der Waals surface area contributed by atoms with Crippen LogP contribution in [0, 0.1) is 6.92 Å². The molecule has 0 amide bonds. The summed E-state index contributed by atoms with van der Waals surface area (Å²) in [4.78, 5) is 16.9. The number of piperazine rings is 1. The van der Waals surface area contributed by atoms with Crippen LogP contribution < -0.4 is 4.74 Å². The molecule has 0 saturated carbocycles. The average molecular weight is 297 g/mol. The van der Waals surface area contributed by atoms with E-state index in [4.69, 9.17) is 16.3 Å². The van der Waals surface area contributed by atoms with Crippen LogP contribution >= 0.6 is 11.6 Å². The highest BCUT2D eigenvalue weighted by molar-refractivity contribution is 6.31. The van der Waals surface area contributed by atoms with Gasteiger partial charge in [0.25, 0.3) is 0 Å². The number of likely N-dealkylation sites (N-methyl/N-ethyl adjacent to an activating group) is 1. The molecule has 0 aromatic heterocycles. The van der Waals surface area contributed by atoms with Crippen molar-refractivity contribution in [3.63, 3.8) is 0 Å². The molecular formula is C15H21ClN2O2. The zero-order valence-electron chi connectivity index (χ0n) is 12.3. The van der Waals surface area contributed by atoms with Crippen molar-refractivity contribution in [2.45, 2.75) is 6.92 Å². The normalized spacial score (nSPS) is 17.2. The van der Waals surface area contributed by atoms with Crippen molar-refractivity contribution < 1.29 is 9.53 Å². The topological polar surface area (TPSA) is 32.8 Å². The lowest BCUT2D eigenvalue weighted by molar-refractivity contribution is 0.0873. The van der Waals surface area contributed by atoms with Crippen molar-refractivity contribution in [1.82, 2.24) is 9.80 Å². The van der Waals surface area contributed by atoms with E-state index in [9.17, 15) is 4.79 Å². The van der Waals surface area contributed by atoms with E-state index in [0.717, 1.165) is 31.7 Å². The standard InChI is InChI=1S/C15H21ClN2O2/c1-11-8-15(20-3)12(9-13(11)16)14(19)10-18-6-4-17(2)5-7-18/h8-9H,4-7,10H2,1-3H3. The Hall–Kier alpha value is -1.10. The van der Waals surface area contributed by atoms with Crippen LogP contribution in [0.5, 0.6) is 5.75 Å². The third-order valence-electron chi connectivity index (χ3n) is 3.74. The Balaban J connectivity index is 2.11. The Morgan fingerprint density at radius 1 is 1.30 bits per heavy atom. The number of halogens is 1. The summed E-state index contributed by atoms with van der Waals surface area (Å²) >= 11 is 6.12. The average Bonchev–Trinajstić information content (AvgIpc) is 2.43. The van der Waals surface area contributed by atoms with Gasteiger partial charge in [0.05, 0.1) is 19.2 Å². The maximum Gasteiger partial charge on any atom is 0.180 e. The van der Waals surface area contributed by atoms with Crippen molar-refractivity contribution in [2.75, 3.05) is 46.9 Å². The number of hydrogen-bond donors (Lipinski definition) is 0. The van der Waals surface area contributed by atoms with Crippen molar-refractivity contribution in [3.8, 4) is 5.75 Å². The lowest BCUT2D eigenvalue weighted by Crippen LogP contribution is -2.46. The van der Waals surface area contributed by atoms with Gasteiger partial charge in [0.15, 0.2) is 5.78 Å². The number of carbonyl (C=O) groups is 1. The van der Waals surface area contributed by atoms with Gasteiger partial charge in [0, 0.05) is 31.2 Å². The number of benzene rings is 1. The molecule has 2 rings (SSSR count). The summed E-state index contributed by atoms with van der Waals surface area (Å²) in [5.74, 6) is 0.666. The highest BCUT2D eigenvalue weighted by Crippen LogP contribution is 2.27. The first-order valence-electron chi connectivity index (χ1n) is 6.79. The molecule has 0 unspecified atom stereocenters. The van der Waals surface area contributed by atoms with Gasteiger partial charge in [-0.2, -0.15) is 0 Å². The van der Waals surface area contributed by atoms with Gasteiger partial charge in [-0.15, -0.1) is 0 Å². The van der Waals surface area contributed by atoms with Crippen LogP contribution in [0.2, 0.25) is 5.02 Å². The fourth-order valence-corrected chi connectivity index (χ4v) is 2.50. The van der Waals surface area contributed by atoms with Gasteiger partial charge in [-0.1, -0.05) is 11.6 Å². The molecule has 1 fully saturated rings. The van der Waals surface area contributed by atoms with Crippen molar-refractivity contribution in [1.29, 1.82) is 0 Å². The minimum absolute atomic E-state index is 0.0632. The zero-order chi connectivity index (χ0) is 14.7. The molecule has 5 heteroatoms. The molecule has 1 aromatic rings. The number of Topliss-reactive ketones (excluding diaryl/α,β-unsaturated/α-hetero) is 1. The third kappa shape index (κ3) is 3.51. The maximum atomic E-state index is 12.4. The van der Waals surface area contributed by atoms with Gasteiger partial charge < -0.3 is 9.64 Å². The monoisotopic (exact) mass is 296 g/mol. The van der Waals surface area contributed by atoms with Gasteiger partial charge in [0.2, 0.25) is 0 Å². The maximum absolute atomic E-state index is 12.4. The molecule has 20 heavy (non-hydrogen) atoms. The molecular weight excluding hydrogens is 276 g/mol. The molecule has 1 aromatic carbocycles. The summed E-state index contributed by atoms with van der Waals surface area (Å²) in [6, 6.07) is 3.54. The Bertz CT molecular complexity index is 497. The van der Waals surface area contributed by atoms with Crippen LogP contribution in [0.25, 0.3) is 0 Å². The summed E-state index contributed by atoms with van der Waals surface area (Å²) in [5.41, 5.74) is 1.49. The van der Waals surface area contributed by atoms with E-state index in [2.05, 4.69) is 16.8 Å². The predicted molar refractivity (Wildman–Crippen MR) is 81.0 cm³/mol. The van der Waals surface area contributed by atoms with E-state index in [1.54, 1.807) is 13.2 Å². The van der Waals surface area contributed by atoms with Crippen molar-refractivity contribution >= 4 is 17.4 Å². The lowest BCUT2D eigenvalue weighted by atomic mass is 10.1. The molecule has 110 valence electrons. The Morgan fingerprint density at radius 2 is 1.95 bits per heavy atom. The Labute approximate surface area is 125 Å². The highest BCUT2D eigenvalue weighted by Gasteiger charge is 2.20. The van der Waals surface area contributed by atoms with Gasteiger partial charge in [-0.05, 0) is 31.7 Å². The van der Waals surface area contributed by atoms with Crippen molar-refractivity contribution in [2.24, 2.45) is 0 Å². The molecule has 1 aliphatic rings. The minimum atomic E-state index is 0.0632. The van der Waals surface area contributed by atoms with E-state index >= 15 is 0 Å². The lowest BCUT2D eigenvalue weighted by Gasteiger charge is -2.31. The molecule has 1 saturated heterocycles. The van der Waals surface area contributed by atoms with Gasteiger partial charge in [-0.3, -0.25) is 9.69 Å². The number of aryl methyl sites for hydroxylation is 1. The van der Waals surface area contributed by atoms with Crippen LogP contribution in [0.4, 0.5) is 0 Å². The molecule has 0 N–H and O–H groups in total. The first-order chi connectivity index (χ1) is 9.51. The van der Waals surface area contributed by atoms with Crippen LogP contribution in [-0.2, 0) is 0 Å². The summed E-state index contributed by atoms with van der Waals surface area (Å²) < 4.78 is 5.30. The fourth-order valence-electron chi connectivity index (χ4n) is 2.34. The third-order valence-corrected chi connectivity index (χ3v) is 4.15. The van der Waals surface area contributed by atoms with Gasteiger partial charge in [0.1, 0.15) is 5.75 Å². The Morgan fingerprint density at radius 3 is 2.55 bits per heavy atom. The molecule has 0 spiro atoms. The second-order valence-corrected chi connectivity index (χ2v) is 5.71. The van der Waals surface area contributed by atoms with E-state index < -0.39 is 0 Å². The Kier molecular flexibility index (Phi) is 5.02. The summed E-state index contributed by atoms with van der Waals surface area (Å²) in [5, 5.41) is 0.604. The quantitative estimate of drug-likeness (QED) is 0.797.